The van der Waals surface area contributed by atoms with E-state index in [4.69, 9.17) is 0 Å². The van der Waals surface area contributed by atoms with Gasteiger partial charge in [-0.15, -0.1) is 0 Å². The molecular weight excluding hydrogens is 204 g/mol. The van der Waals surface area contributed by atoms with E-state index in [9.17, 15) is 9.00 Å². The fraction of sp³-hybridized carbons (Fsp3) is 0.222. The molecule has 0 N–H and O–H groups in total. The molecule has 0 aliphatic rings. The van der Waals surface area contributed by atoms with Crippen molar-refractivity contribution in [1.29, 1.82) is 0 Å². The molecule has 0 fully saturated rings. The molecule has 76 valence electrons. The third-order valence-electron chi connectivity index (χ3n) is 1.62. The molecule has 14 heavy (non-hydrogen) atoms. The lowest BCUT2D eigenvalue weighted by atomic mass is 10.2. The van der Waals surface area contributed by atoms with Gasteiger partial charge >= 0.3 is 5.97 Å². The van der Waals surface area contributed by atoms with Crippen molar-refractivity contribution < 1.29 is 17.9 Å². The number of carbonyl (C=O) groups is 1. The predicted octanol–water partition coefficient (Wildman–Crippen LogP) is 1.14. The number of benzene rings is 1. The molecule has 1 aromatic rings. The summed E-state index contributed by atoms with van der Waals surface area (Å²) < 4.78 is 20.3. The standard InChI is InChI=1S/C9H10O4S/c1-12-9(10)7-3-5-8(6-4-7)14(11)13-2/h3-6H,1-2H3. The molecule has 0 radical (unpaired) electrons. The molecule has 1 unspecified atom stereocenters. The van der Waals surface area contributed by atoms with E-state index >= 15 is 0 Å². The molecule has 0 saturated carbocycles. The van der Waals surface area contributed by atoms with Gasteiger partial charge in [0.2, 0.25) is 0 Å². The third kappa shape index (κ3) is 2.40. The molecule has 1 aromatic carbocycles. The fourth-order valence-corrected chi connectivity index (χ4v) is 1.47. The van der Waals surface area contributed by atoms with Gasteiger partial charge in [0, 0.05) is 0 Å². The SMILES string of the molecule is COC(=O)c1ccc(S(=O)OC)cc1. The highest BCUT2D eigenvalue weighted by Crippen LogP contribution is 2.09. The quantitative estimate of drug-likeness (QED) is 0.708. The van der Waals surface area contributed by atoms with Crippen LogP contribution in [-0.2, 0) is 20.0 Å². The van der Waals surface area contributed by atoms with E-state index in [1.165, 1.54) is 26.4 Å². The van der Waals surface area contributed by atoms with Crippen LogP contribution in [0.3, 0.4) is 0 Å². The van der Waals surface area contributed by atoms with E-state index in [-0.39, 0.29) is 0 Å². The van der Waals surface area contributed by atoms with Gasteiger partial charge in [-0.1, -0.05) is 0 Å². The maximum absolute atomic E-state index is 11.1. The van der Waals surface area contributed by atoms with Gasteiger partial charge in [-0.05, 0) is 24.3 Å². The van der Waals surface area contributed by atoms with Gasteiger partial charge in [0.05, 0.1) is 24.7 Å². The van der Waals surface area contributed by atoms with Gasteiger partial charge in [0.25, 0.3) is 0 Å². The van der Waals surface area contributed by atoms with Gasteiger partial charge in [-0.3, -0.25) is 4.18 Å². The van der Waals surface area contributed by atoms with Crippen LogP contribution in [-0.4, -0.2) is 24.4 Å². The van der Waals surface area contributed by atoms with Gasteiger partial charge in [0.15, 0.2) is 11.1 Å². The van der Waals surface area contributed by atoms with Crippen LogP contribution < -0.4 is 0 Å². The first-order chi connectivity index (χ1) is 6.69. The molecular formula is C9H10O4S. The Bertz CT molecular complexity index is 309. The molecule has 0 saturated heterocycles. The van der Waals surface area contributed by atoms with Crippen LogP contribution in [0.25, 0.3) is 0 Å². The van der Waals surface area contributed by atoms with Crippen molar-refractivity contribution in [3.8, 4) is 0 Å². The van der Waals surface area contributed by atoms with Crippen LogP contribution in [0.15, 0.2) is 29.2 Å². The summed E-state index contributed by atoms with van der Waals surface area (Å²) in [6, 6.07) is 6.20. The molecule has 0 amide bonds. The van der Waals surface area contributed by atoms with Crippen LogP contribution in [0.4, 0.5) is 0 Å². The lowest BCUT2D eigenvalue weighted by molar-refractivity contribution is 0.0600. The first-order valence-corrected chi connectivity index (χ1v) is 4.91. The molecule has 5 heteroatoms. The first-order valence-electron chi connectivity index (χ1n) is 3.83. The van der Waals surface area contributed by atoms with E-state index in [0.717, 1.165) is 0 Å². The second-order valence-corrected chi connectivity index (χ2v) is 3.69. The summed E-state index contributed by atoms with van der Waals surface area (Å²) in [5.41, 5.74) is 0.421. The van der Waals surface area contributed by atoms with Crippen LogP contribution in [0, 0.1) is 0 Å². The average Bonchev–Trinajstić information content (AvgIpc) is 2.27. The number of ether oxygens (including phenoxy) is 1. The van der Waals surface area contributed by atoms with Gasteiger partial charge in [-0.2, -0.15) is 0 Å². The van der Waals surface area contributed by atoms with Crippen molar-refractivity contribution in [3.63, 3.8) is 0 Å². The van der Waals surface area contributed by atoms with Gasteiger partial charge in [0.1, 0.15) is 0 Å². The minimum absolute atomic E-state index is 0.417. The Morgan fingerprint density at radius 2 is 1.79 bits per heavy atom. The van der Waals surface area contributed by atoms with Crippen molar-refractivity contribution in [2.75, 3.05) is 14.2 Å². The summed E-state index contributed by atoms with van der Waals surface area (Å²) in [6.07, 6.45) is 0. The normalized spacial score (nSPS) is 12.1. The highest BCUT2D eigenvalue weighted by molar-refractivity contribution is 7.80. The molecule has 1 rings (SSSR count). The number of methoxy groups -OCH3 is 1. The van der Waals surface area contributed by atoms with Crippen LogP contribution in [0.2, 0.25) is 0 Å². The molecule has 0 aliphatic heterocycles. The Morgan fingerprint density at radius 1 is 1.21 bits per heavy atom. The van der Waals surface area contributed by atoms with E-state index < -0.39 is 17.0 Å². The maximum Gasteiger partial charge on any atom is 0.337 e. The summed E-state index contributed by atoms with van der Waals surface area (Å²) in [6.45, 7) is 0. The lowest BCUT2D eigenvalue weighted by Crippen LogP contribution is -2.01. The number of carbonyl (C=O) groups excluding carboxylic acids is 1. The summed E-state index contributed by atoms with van der Waals surface area (Å²) in [5, 5.41) is 0. The third-order valence-corrected chi connectivity index (χ3v) is 2.58. The number of hydrogen-bond acceptors (Lipinski definition) is 4. The Kier molecular flexibility index (Phi) is 3.79. The van der Waals surface area contributed by atoms with E-state index in [0.29, 0.717) is 10.5 Å². The molecule has 0 bridgehead atoms. The summed E-state index contributed by atoms with van der Waals surface area (Å²) in [5.74, 6) is -0.417. The monoisotopic (exact) mass is 214 g/mol. The van der Waals surface area contributed by atoms with E-state index in [2.05, 4.69) is 8.92 Å². The zero-order valence-corrected chi connectivity index (χ0v) is 8.67. The smallest absolute Gasteiger partial charge is 0.337 e. The zero-order chi connectivity index (χ0) is 10.6. The van der Waals surface area contributed by atoms with Crippen LogP contribution in [0.1, 0.15) is 10.4 Å². The van der Waals surface area contributed by atoms with E-state index in [1.807, 2.05) is 0 Å². The Labute approximate surface area is 84.5 Å². The summed E-state index contributed by atoms with van der Waals surface area (Å²) in [7, 11) is 2.66. The number of esters is 1. The number of hydrogen-bond donors (Lipinski definition) is 0. The van der Waals surface area contributed by atoms with Crippen molar-refractivity contribution >= 4 is 17.0 Å². The molecule has 0 aromatic heterocycles. The predicted molar refractivity (Wildman–Crippen MR) is 51.2 cm³/mol. The molecule has 1 atom stereocenters. The van der Waals surface area contributed by atoms with Crippen LogP contribution >= 0.6 is 0 Å². The Hall–Kier alpha value is -1.20. The highest BCUT2D eigenvalue weighted by Gasteiger charge is 2.06. The maximum atomic E-state index is 11.1. The van der Waals surface area contributed by atoms with Crippen molar-refractivity contribution in [1.82, 2.24) is 0 Å². The summed E-state index contributed by atoms with van der Waals surface area (Å²) >= 11 is -1.47. The molecule has 0 heterocycles. The topological polar surface area (TPSA) is 52.6 Å². The minimum atomic E-state index is -1.47. The lowest BCUT2D eigenvalue weighted by Gasteiger charge is -2.00. The number of rotatable bonds is 3. The fourth-order valence-electron chi connectivity index (χ4n) is 0.916. The second kappa shape index (κ2) is 4.88. The van der Waals surface area contributed by atoms with Crippen LogP contribution in [0.5, 0.6) is 0 Å². The van der Waals surface area contributed by atoms with Gasteiger partial charge in [-0.25, -0.2) is 9.00 Å². The van der Waals surface area contributed by atoms with Crippen molar-refractivity contribution in [2.24, 2.45) is 0 Å². The average molecular weight is 214 g/mol. The van der Waals surface area contributed by atoms with E-state index in [1.54, 1.807) is 12.1 Å². The summed E-state index contributed by atoms with van der Waals surface area (Å²) in [4.78, 5) is 11.5. The second-order valence-electron chi connectivity index (χ2n) is 2.42. The van der Waals surface area contributed by atoms with Crippen molar-refractivity contribution in [2.45, 2.75) is 4.90 Å². The largest absolute Gasteiger partial charge is 0.465 e. The Balaban J connectivity index is 2.89. The minimum Gasteiger partial charge on any atom is -0.465 e. The first kappa shape index (κ1) is 10.9. The Morgan fingerprint density at radius 3 is 2.21 bits per heavy atom. The molecule has 0 aliphatic carbocycles. The highest BCUT2D eigenvalue weighted by atomic mass is 32.2. The molecule has 0 spiro atoms. The zero-order valence-electron chi connectivity index (χ0n) is 7.85. The molecule has 4 nitrogen and oxygen atoms in total. The van der Waals surface area contributed by atoms with Crippen molar-refractivity contribution in [3.05, 3.63) is 29.8 Å². The van der Waals surface area contributed by atoms with Gasteiger partial charge < -0.3 is 4.74 Å².